The minimum atomic E-state index is -0.212. The molecule has 0 radical (unpaired) electrons. The molecule has 0 amide bonds. The number of aromatic nitrogens is 2. The number of aliphatic imine (C=N–C) groups is 1. The number of hydrogen-bond acceptors (Lipinski definition) is 4. The van der Waals surface area contributed by atoms with Crippen LogP contribution in [-0.2, 0) is 12.8 Å². The van der Waals surface area contributed by atoms with Gasteiger partial charge in [0.15, 0.2) is 5.96 Å². The molecule has 0 bridgehead atoms. The van der Waals surface area contributed by atoms with Crippen molar-refractivity contribution in [1.29, 1.82) is 0 Å². The Kier molecular flexibility index (Phi) is 7.19. The van der Waals surface area contributed by atoms with Gasteiger partial charge in [-0.15, -0.1) is 0 Å². The van der Waals surface area contributed by atoms with Crippen LogP contribution in [0.25, 0.3) is 11.4 Å². The molecular formula is C21H23ClFN5O. The van der Waals surface area contributed by atoms with Gasteiger partial charge in [0.1, 0.15) is 5.82 Å². The van der Waals surface area contributed by atoms with Gasteiger partial charge in [-0.3, -0.25) is 4.99 Å². The number of rotatable bonds is 7. The van der Waals surface area contributed by atoms with Crippen LogP contribution >= 0.6 is 11.6 Å². The highest BCUT2D eigenvalue weighted by atomic mass is 35.5. The van der Waals surface area contributed by atoms with Crippen molar-refractivity contribution in [3.63, 3.8) is 0 Å². The lowest BCUT2D eigenvalue weighted by Crippen LogP contribution is -2.39. The Labute approximate surface area is 174 Å². The van der Waals surface area contributed by atoms with Crippen molar-refractivity contribution < 1.29 is 8.91 Å². The number of halogens is 2. The fourth-order valence-electron chi connectivity index (χ4n) is 2.87. The molecule has 29 heavy (non-hydrogen) atoms. The lowest BCUT2D eigenvalue weighted by Gasteiger charge is -2.12. The maximum Gasteiger partial charge on any atom is 0.228 e. The van der Waals surface area contributed by atoms with Gasteiger partial charge in [0, 0.05) is 37.1 Å². The molecule has 2 N–H and O–H groups in total. The van der Waals surface area contributed by atoms with E-state index in [-0.39, 0.29) is 5.82 Å². The van der Waals surface area contributed by atoms with E-state index in [2.05, 4.69) is 25.8 Å². The number of aryl methyl sites for hydroxylation is 1. The molecule has 0 atom stereocenters. The first-order valence-corrected chi connectivity index (χ1v) is 9.71. The fraction of sp³-hybridized carbons (Fsp3) is 0.286. The van der Waals surface area contributed by atoms with E-state index in [1.165, 1.54) is 6.07 Å². The summed E-state index contributed by atoms with van der Waals surface area (Å²) in [6.45, 7) is 3.19. The fourth-order valence-corrected chi connectivity index (χ4v) is 3.06. The minimum Gasteiger partial charge on any atom is -0.356 e. The van der Waals surface area contributed by atoms with Crippen molar-refractivity contribution in [2.45, 2.75) is 19.8 Å². The SMILES string of the molecule is CN=C(NCCc1nc(-c2cccc(Cl)c2)no1)NCCc1ccc(F)cc1C. The zero-order valence-corrected chi connectivity index (χ0v) is 17.1. The first kappa shape index (κ1) is 20.8. The van der Waals surface area contributed by atoms with Gasteiger partial charge in [0.2, 0.25) is 11.7 Å². The van der Waals surface area contributed by atoms with E-state index < -0.39 is 0 Å². The third kappa shape index (κ3) is 6.02. The molecule has 2 aromatic carbocycles. The summed E-state index contributed by atoms with van der Waals surface area (Å²) in [4.78, 5) is 8.60. The van der Waals surface area contributed by atoms with E-state index in [0.717, 1.165) is 23.1 Å². The molecule has 1 aromatic heterocycles. The van der Waals surface area contributed by atoms with Crippen molar-refractivity contribution in [1.82, 2.24) is 20.8 Å². The monoisotopic (exact) mass is 415 g/mol. The molecule has 3 aromatic rings. The third-order valence-electron chi connectivity index (χ3n) is 4.40. The number of guanidine groups is 1. The molecule has 0 fully saturated rings. The first-order valence-electron chi connectivity index (χ1n) is 9.33. The average molecular weight is 416 g/mol. The summed E-state index contributed by atoms with van der Waals surface area (Å²) < 4.78 is 18.5. The summed E-state index contributed by atoms with van der Waals surface area (Å²) in [5, 5.41) is 11.1. The molecule has 152 valence electrons. The van der Waals surface area contributed by atoms with Crippen molar-refractivity contribution in [3.8, 4) is 11.4 Å². The van der Waals surface area contributed by atoms with Crippen LogP contribution in [0.5, 0.6) is 0 Å². The molecule has 0 unspecified atom stereocenters. The standard InChI is InChI=1S/C21H23ClFN5O/c1-14-12-18(23)7-6-15(14)8-10-25-21(24-2)26-11-9-19-27-20(28-29-19)16-4-3-5-17(22)13-16/h3-7,12-13H,8-11H2,1-2H3,(H2,24,25,26). The van der Waals surface area contributed by atoms with Gasteiger partial charge in [-0.2, -0.15) is 4.98 Å². The molecule has 0 saturated carbocycles. The second kappa shape index (κ2) is 10.0. The maximum absolute atomic E-state index is 13.2. The molecule has 0 aliphatic heterocycles. The average Bonchev–Trinajstić information content (AvgIpc) is 3.17. The zero-order valence-electron chi connectivity index (χ0n) is 16.4. The van der Waals surface area contributed by atoms with Gasteiger partial charge in [0.05, 0.1) is 0 Å². The topological polar surface area (TPSA) is 75.3 Å². The molecule has 8 heteroatoms. The van der Waals surface area contributed by atoms with E-state index in [1.54, 1.807) is 25.2 Å². The molecule has 0 saturated heterocycles. The molecule has 0 aliphatic carbocycles. The van der Waals surface area contributed by atoms with Gasteiger partial charge < -0.3 is 15.2 Å². The summed E-state index contributed by atoms with van der Waals surface area (Å²) >= 11 is 6.00. The molecule has 0 aliphatic rings. The lowest BCUT2D eigenvalue weighted by atomic mass is 10.1. The van der Waals surface area contributed by atoms with E-state index >= 15 is 0 Å². The summed E-state index contributed by atoms with van der Waals surface area (Å²) in [5.41, 5.74) is 2.87. The number of nitrogens with zero attached hydrogens (tertiary/aromatic N) is 3. The normalized spacial score (nSPS) is 11.5. The summed E-state index contributed by atoms with van der Waals surface area (Å²) in [5.74, 6) is 1.51. The molecular weight excluding hydrogens is 393 g/mol. The zero-order chi connectivity index (χ0) is 20.6. The van der Waals surface area contributed by atoms with Crippen LogP contribution in [0.3, 0.4) is 0 Å². The summed E-state index contributed by atoms with van der Waals surface area (Å²) in [7, 11) is 1.71. The smallest absolute Gasteiger partial charge is 0.228 e. The van der Waals surface area contributed by atoms with Gasteiger partial charge in [-0.05, 0) is 48.7 Å². The van der Waals surface area contributed by atoms with Crippen molar-refractivity contribution >= 4 is 17.6 Å². The first-order chi connectivity index (χ1) is 14.0. The summed E-state index contributed by atoms with van der Waals surface area (Å²) in [6, 6.07) is 12.2. The van der Waals surface area contributed by atoms with E-state index in [1.807, 2.05) is 25.1 Å². The van der Waals surface area contributed by atoms with E-state index in [4.69, 9.17) is 16.1 Å². The van der Waals surface area contributed by atoms with Gasteiger partial charge in [-0.25, -0.2) is 4.39 Å². The van der Waals surface area contributed by atoms with E-state index in [9.17, 15) is 4.39 Å². The Balaban J connectivity index is 1.44. The van der Waals surface area contributed by atoms with E-state index in [0.29, 0.717) is 42.2 Å². The van der Waals surface area contributed by atoms with Crippen LogP contribution in [0, 0.1) is 12.7 Å². The Morgan fingerprint density at radius 2 is 1.93 bits per heavy atom. The lowest BCUT2D eigenvalue weighted by molar-refractivity contribution is 0.378. The Hall–Kier alpha value is -2.93. The number of benzene rings is 2. The van der Waals surface area contributed by atoms with Gasteiger partial charge in [0.25, 0.3) is 0 Å². The van der Waals surface area contributed by atoms with Gasteiger partial charge >= 0.3 is 0 Å². The Bertz CT molecular complexity index is 989. The predicted octanol–water partition coefficient (Wildman–Crippen LogP) is 3.79. The maximum atomic E-state index is 13.2. The highest BCUT2D eigenvalue weighted by Gasteiger charge is 2.09. The Morgan fingerprint density at radius 1 is 1.14 bits per heavy atom. The summed E-state index contributed by atoms with van der Waals surface area (Å²) in [6.07, 6.45) is 1.34. The van der Waals surface area contributed by atoms with Gasteiger partial charge in [-0.1, -0.05) is 35.0 Å². The minimum absolute atomic E-state index is 0.212. The van der Waals surface area contributed by atoms with Crippen LogP contribution < -0.4 is 10.6 Å². The highest BCUT2D eigenvalue weighted by molar-refractivity contribution is 6.30. The van der Waals surface area contributed by atoms with Crippen LogP contribution in [-0.4, -0.2) is 36.2 Å². The largest absolute Gasteiger partial charge is 0.356 e. The molecule has 6 nitrogen and oxygen atoms in total. The van der Waals surface area contributed by atoms with Crippen LogP contribution in [0.2, 0.25) is 5.02 Å². The Morgan fingerprint density at radius 3 is 2.66 bits per heavy atom. The number of nitrogens with one attached hydrogen (secondary N) is 2. The van der Waals surface area contributed by atoms with Crippen molar-refractivity contribution in [2.75, 3.05) is 20.1 Å². The second-order valence-corrected chi connectivity index (χ2v) is 6.96. The molecule has 3 rings (SSSR count). The quantitative estimate of drug-likeness (QED) is 0.453. The van der Waals surface area contributed by atoms with Crippen molar-refractivity contribution in [3.05, 3.63) is 70.3 Å². The second-order valence-electron chi connectivity index (χ2n) is 6.52. The third-order valence-corrected chi connectivity index (χ3v) is 4.63. The van der Waals surface area contributed by atoms with Crippen molar-refractivity contribution in [2.24, 2.45) is 4.99 Å². The van der Waals surface area contributed by atoms with Crippen LogP contribution in [0.15, 0.2) is 52.0 Å². The highest BCUT2D eigenvalue weighted by Crippen LogP contribution is 2.19. The van der Waals surface area contributed by atoms with Crippen LogP contribution in [0.4, 0.5) is 4.39 Å². The van der Waals surface area contributed by atoms with Crippen LogP contribution in [0.1, 0.15) is 17.0 Å². The molecule has 1 heterocycles. The predicted molar refractivity (Wildman–Crippen MR) is 113 cm³/mol. The molecule has 0 spiro atoms. The number of hydrogen-bond donors (Lipinski definition) is 2.